The molecule has 1 heterocycles. The van der Waals surface area contributed by atoms with Gasteiger partial charge >= 0.3 is 0 Å². The molecule has 0 aromatic heterocycles. The molecule has 0 fully saturated rings. The van der Waals surface area contributed by atoms with E-state index in [0.717, 1.165) is 22.2 Å². The highest BCUT2D eigenvalue weighted by Gasteiger charge is 2.36. The van der Waals surface area contributed by atoms with Crippen molar-refractivity contribution in [3.05, 3.63) is 28.2 Å². The molecule has 2 rings (SSSR count). The number of aliphatic hydroxyl groups excluding tert-OH is 1. The van der Waals surface area contributed by atoms with E-state index < -0.39 is 6.10 Å². The summed E-state index contributed by atoms with van der Waals surface area (Å²) in [4.78, 5) is 0. The monoisotopic (exact) mass is 300 g/mol. The lowest BCUT2D eigenvalue weighted by Gasteiger charge is -2.38. The highest BCUT2D eigenvalue weighted by molar-refractivity contribution is 9.10. The van der Waals surface area contributed by atoms with Crippen LogP contribution in [0.25, 0.3) is 0 Å². The number of hydrogen-bond acceptors (Lipinski definition) is 3. The van der Waals surface area contributed by atoms with Gasteiger partial charge in [0.1, 0.15) is 11.4 Å². The molecule has 1 aromatic carbocycles. The molecule has 0 radical (unpaired) electrons. The molecule has 3 nitrogen and oxygen atoms in total. The molecule has 94 valence electrons. The number of methoxy groups -OCH3 is 1. The van der Waals surface area contributed by atoms with Crippen LogP contribution in [0, 0.1) is 0 Å². The summed E-state index contributed by atoms with van der Waals surface area (Å²) in [6, 6.07) is 5.73. The Morgan fingerprint density at radius 1 is 1.59 bits per heavy atom. The first-order chi connectivity index (χ1) is 8.04. The van der Waals surface area contributed by atoms with Crippen LogP contribution >= 0.6 is 15.9 Å². The Balaban J connectivity index is 2.25. The summed E-state index contributed by atoms with van der Waals surface area (Å²) in [7, 11) is 1.67. The third kappa shape index (κ3) is 2.81. The quantitative estimate of drug-likeness (QED) is 0.932. The van der Waals surface area contributed by atoms with Crippen LogP contribution in [0.4, 0.5) is 0 Å². The predicted molar refractivity (Wildman–Crippen MR) is 69.2 cm³/mol. The molecule has 4 heteroatoms. The smallest absolute Gasteiger partial charge is 0.127 e. The third-order valence-corrected chi connectivity index (χ3v) is 3.64. The number of hydrogen-bond donors (Lipinski definition) is 1. The molecule has 0 bridgehead atoms. The van der Waals surface area contributed by atoms with E-state index in [9.17, 15) is 5.11 Å². The van der Waals surface area contributed by atoms with Crippen LogP contribution in [0.5, 0.6) is 5.75 Å². The number of fused-ring (bicyclic) bond motifs is 1. The summed E-state index contributed by atoms with van der Waals surface area (Å²) >= 11 is 3.41. The molecule has 1 N–H and O–H groups in total. The lowest BCUT2D eigenvalue weighted by atomic mass is 9.88. The van der Waals surface area contributed by atoms with Crippen LogP contribution in [0.15, 0.2) is 22.7 Å². The molecule has 1 unspecified atom stereocenters. The Labute approximate surface area is 110 Å². The molecule has 0 aliphatic carbocycles. The van der Waals surface area contributed by atoms with Gasteiger partial charge in [0.25, 0.3) is 0 Å². The first-order valence-corrected chi connectivity index (χ1v) is 6.49. The zero-order valence-electron chi connectivity index (χ0n) is 10.1. The van der Waals surface area contributed by atoms with Gasteiger partial charge in [-0.15, -0.1) is 0 Å². The second-order valence-electron chi connectivity index (χ2n) is 4.70. The van der Waals surface area contributed by atoms with Crippen molar-refractivity contribution in [3.63, 3.8) is 0 Å². The van der Waals surface area contributed by atoms with Gasteiger partial charge in [0.05, 0.1) is 6.10 Å². The predicted octanol–water partition coefficient (Wildman–Crippen LogP) is 3.06. The first kappa shape index (κ1) is 12.9. The molecule has 0 saturated carbocycles. The van der Waals surface area contributed by atoms with Crippen LogP contribution in [0.1, 0.15) is 31.4 Å². The van der Waals surface area contributed by atoms with Gasteiger partial charge in [-0.1, -0.05) is 22.0 Å². The standard InChI is InChI=1S/C13H17BrO3/c1-13(5-6-16-2)8-11(15)10-4-3-9(14)7-12(10)17-13/h3-4,7,11,15H,5-6,8H2,1-2H3/t11-,13?/m1/s1. The van der Waals surface area contributed by atoms with Crippen molar-refractivity contribution < 1.29 is 14.6 Å². The number of rotatable bonds is 3. The fourth-order valence-electron chi connectivity index (χ4n) is 2.17. The Bertz CT molecular complexity index is 408. The summed E-state index contributed by atoms with van der Waals surface area (Å²) in [5.74, 6) is 0.761. The minimum atomic E-state index is -0.464. The highest BCUT2D eigenvalue weighted by Crippen LogP contribution is 2.41. The third-order valence-electron chi connectivity index (χ3n) is 3.15. The van der Waals surface area contributed by atoms with E-state index in [2.05, 4.69) is 15.9 Å². The average Bonchev–Trinajstić information content (AvgIpc) is 2.25. The fraction of sp³-hybridized carbons (Fsp3) is 0.538. The molecular formula is C13H17BrO3. The van der Waals surface area contributed by atoms with Crippen LogP contribution in [-0.2, 0) is 4.74 Å². The minimum absolute atomic E-state index is 0.358. The van der Waals surface area contributed by atoms with E-state index in [1.807, 2.05) is 25.1 Å². The van der Waals surface area contributed by atoms with E-state index in [-0.39, 0.29) is 5.60 Å². The number of benzene rings is 1. The van der Waals surface area contributed by atoms with Crippen molar-refractivity contribution in [2.75, 3.05) is 13.7 Å². The zero-order valence-corrected chi connectivity index (χ0v) is 11.7. The molecular weight excluding hydrogens is 284 g/mol. The van der Waals surface area contributed by atoms with Crippen LogP contribution in [-0.4, -0.2) is 24.4 Å². The van der Waals surface area contributed by atoms with Gasteiger partial charge in [0, 0.05) is 36.6 Å². The van der Waals surface area contributed by atoms with Gasteiger partial charge in [0.2, 0.25) is 0 Å². The van der Waals surface area contributed by atoms with E-state index in [4.69, 9.17) is 9.47 Å². The van der Waals surface area contributed by atoms with Crippen LogP contribution in [0.3, 0.4) is 0 Å². The molecule has 0 saturated heterocycles. The molecule has 1 aromatic rings. The van der Waals surface area contributed by atoms with Gasteiger partial charge in [-0.3, -0.25) is 0 Å². The Morgan fingerprint density at radius 2 is 2.35 bits per heavy atom. The average molecular weight is 301 g/mol. The molecule has 1 aliphatic rings. The summed E-state index contributed by atoms with van der Waals surface area (Å²) in [6.45, 7) is 2.64. The van der Waals surface area contributed by atoms with Crippen LogP contribution in [0.2, 0.25) is 0 Å². The summed E-state index contributed by atoms with van der Waals surface area (Å²) in [6.07, 6.45) is 0.908. The van der Waals surface area contributed by atoms with Gasteiger partial charge < -0.3 is 14.6 Å². The molecule has 2 atom stereocenters. The summed E-state index contributed by atoms with van der Waals surface area (Å²) in [5.41, 5.74) is 0.506. The zero-order chi connectivity index (χ0) is 12.5. The van der Waals surface area contributed by atoms with Gasteiger partial charge in [-0.2, -0.15) is 0 Å². The van der Waals surface area contributed by atoms with E-state index in [0.29, 0.717) is 13.0 Å². The largest absolute Gasteiger partial charge is 0.487 e. The normalized spacial score (nSPS) is 27.4. The lowest BCUT2D eigenvalue weighted by molar-refractivity contribution is -0.0202. The lowest BCUT2D eigenvalue weighted by Crippen LogP contribution is -2.39. The second-order valence-corrected chi connectivity index (χ2v) is 5.61. The van der Waals surface area contributed by atoms with E-state index in [1.165, 1.54) is 0 Å². The van der Waals surface area contributed by atoms with E-state index >= 15 is 0 Å². The second kappa shape index (κ2) is 4.96. The van der Waals surface area contributed by atoms with Crippen molar-refractivity contribution >= 4 is 15.9 Å². The molecule has 1 aliphatic heterocycles. The topological polar surface area (TPSA) is 38.7 Å². The van der Waals surface area contributed by atoms with Gasteiger partial charge in [-0.25, -0.2) is 0 Å². The number of ether oxygens (including phenoxy) is 2. The molecule has 17 heavy (non-hydrogen) atoms. The van der Waals surface area contributed by atoms with Gasteiger partial charge in [-0.05, 0) is 19.1 Å². The molecule has 0 spiro atoms. The highest BCUT2D eigenvalue weighted by atomic mass is 79.9. The number of halogens is 1. The first-order valence-electron chi connectivity index (χ1n) is 5.69. The van der Waals surface area contributed by atoms with Crippen molar-refractivity contribution in [1.82, 2.24) is 0 Å². The van der Waals surface area contributed by atoms with E-state index in [1.54, 1.807) is 7.11 Å². The Morgan fingerprint density at radius 3 is 3.06 bits per heavy atom. The summed E-state index contributed by atoms with van der Waals surface area (Å²) < 4.78 is 12.0. The van der Waals surface area contributed by atoms with Gasteiger partial charge in [0.15, 0.2) is 0 Å². The SMILES string of the molecule is COCCC1(C)C[C@@H](O)c2ccc(Br)cc2O1. The molecule has 0 amide bonds. The summed E-state index contributed by atoms with van der Waals surface area (Å²) in [5, 5.41) is 10.2. The van der Waals surface area contributed by atoms with Crippen molar-refractivity contribution in [2.45, 2.75) is 31.5 Å². The van der Waals surface area contributed by atoms with Crippen molar-refractivity contribution in [2.24, 2.45) is 0 Å². The maximum atomic E-state index is 10.2. The minimum Gasteiger partial charge on any atom is -0.487 e. The Hall–Kier alpha value is -0.580. The maximum Gasteiger partial charge on any atom is 0.127 e. The van der Waals surface area contributed by atoms with Crippen molar-refractivity contribution in [3.8, 4) is 5.75 Å². The van der Waals surface area contributed by atoms with Crippen LogP contribution < -0.4 is 4.74 Å². The number of aliphatic hydroxyl groups is 1. The maximum absolute atomic E-state index is 10.2. The Kier molecular flexibility index (Phi) is 3.76. The van der Waals surface area contributed by atoms with Crippen molar-refractivity contribution in [1.29, 1.82) is 0 Å². The fourth-order valence-corrected chi connectivity index (χ4v) is 2.51.